The van der Waals surface area contributed by atoms with Crippen molar-refractivity contribution in [2.75, 3.05) is 18.5 Å². The number of carbonyl (C=O) groups is 2. The molecule has 0 aliphatic carbocycles. The van der Waals surface area contributed by atoms with E-state index < -0.39 is 11.4 Å². The summed E-state index contributed by atoms with van der Waals surface area (Å²) in [5, 5.41) is 12.7. The molecule has 0 unspecified atom stereocenters. The van der Waals surface area contributed by atoms with Crippen LogP contribution < -0.4 is 5.32 Å². The van der Waals surface area contributed by atoms with Crippen LogP contribution in [0, 0.1) is 6.92 Å². The number of aryl methyl sites for hydroxylation is 1. The van der Waals surface area contributed by atoms with Crippen molar-refractivity contribution in [3.8, 4) is 0 Å². The second-order valence-corrected chi connectivity index (χ2v) is 6.93. The highest BCUT2D eigenvalue weighted by Gasteiger charge is 2.42. The second kappa shape index (κ2) is 7.48. The van der Waals surface area contributed by atoms with E-state index in [1.165, 1.54) is 12.1 Å². The fourth-order valence-electron chi connectivity index (χ4n) is 3.28. The molecule has 1 saturated heterocycles. The van der Waals surface area contributed by atoms with Crippen LogP contribution in [0.25, 0.3) is 0 Å². The van der Waals surface area contributed by atoms with E-state index in [2.05, 4.69) is 5.32 Å². The van der Waals surface area contributed by atoms with E-state index in [-0.39, 0.29) is 11.5 Å². The third-order valence-corrected chi connectivity index (χ3v) is 5.13. The molecule has 0 atom stereocenters. The number of hydrogen-bond acceptors (Lipinski definition) is 3. The molecule has 6 heteroatoms. The predicted octanol–water partition coefficient (Wildman–Crippen LogP) is 4.03. The summed E-state index contributed by atoms with van der Waals surface area (Å²) >= 11 is 6.14. The van der Waals surface area contributed by atoms with Gasteiger partial charge < -0.3 is 15.2 Å². The van der Waals surface area contributed by atoms with E-state index >= 15 is 0 Å². The van der Waals surface area contributed by atoms with Gasteiger partial charge in [0.2, 0.25) is 5.91 Å². The van der Waals surface area contributed by atoms with Gasteiger partial charge in [-0.15, -0.1) is 0 Å². The quantitative estimate of drug-likeness (QED) is 0.848. The van der Waals surface area contributed by atoms with E-state index in [0.29, 0.717) is 36.8 Å². The maximum absolute atomic E-state index is 13.3. The molecular weight excluding hydrogens is 354 g/mol. The number of carboxylic acid groups (broad SMARTS) is 1. The molecule has 5 nitrogen and oxygen atoms in total. The van der Waals surface area contributed by atoms with Gasteiger partial charge >= 0.3 is 5.97 Å². The van der Waals surface area contributed by atoms with Gasteiger partial charge in [0.1, 0.15) is 0 Å². The summed E-state index contributed by atoms with van der Waals surface area (Å²) in [5.74, 6) is -1.20. The van der Waals surface area contributed by atoms with E-state index in [9.17, 15) is 14.7 Å². The molecule has 1 aliphatic rings. The van der Waals surface area contributed by atoms with Crippen molar-refractivity contribution in [2.24, 2.45) is 0 Å². The monoisotopic (exact) mass is 373 g/mol. The molecule has 136 valence electrons. The number of rotatable bonds is 4. The van der Waals surface area contributed by atoms with Crippen molar-refractivity contribution in [1.82, 2.24) is 0 Å². The highest BCUT2D eigenvalue weighted by atomic mass is 35.5. The molecule has 0 bridgehead atoms. The summed E-state index contributed by atoms with van der Waals surface area (Å²) in [7, 11) is 0. The third-order valence-electron chi connectivity index (χ3n) is 4.89. The van der Waals surface area contributed by atoms with Crippen LogP contribution in [-0.2, 0) is 14.9 Å². The number of aromatic carboxylic acids is 1. The number of anilines is 1. The SMILES string of the molecule is Cc1ccc(C(=O)O)cc1NC(=O)C1(c2cccc(Cl)c2)CCOCC1. The lowest BCUT2D eigenvalue weighted by Crippen LogP contribution is -2.45. The molecule has 1 aliphatic heterocycles. The van der Waals surface area contributed by atoms with E-state index in [1.54, 1.807) is 12.1 Å². The standard InChI is InChI=1S/C20H20ClNO4/c1-13-5-6-14(18(23)24)11-17(13)22-19(25)20(7-9-26-10-8-20)15-3-2-4-16(21)12-15/h2-6,11-12H,7-10H2,1H3,(H,22,25)(H,23,24). The Hall–Kier alpha value is -2.37. The van der Waals surface area contributed by atoms with Crippen molar-refractivity contribution in [3.05, 3.63) is 64.2 Å². The number of carboxylic acids is 1. The second-order valence-electron chi connectivity index (χ2n) is 6.49. The Morgan fingerprint density at radius 2 is 1.88 bits per heavy atom. The van der Waals surface area contributed by atoms with Crippen molar-refractivity contribution < 1.29 is 19.4 Å². The van der Waals surface area contributed by atoms with Crippen LogP contribution in [0.5, 0.6) is 0 Å². The van der Waals surface area contributed by atoms with Gasteiger partial charge in [0.05, 0.1) is 11.0 Å². The molecule has 26 heavy (non-hydrogen) atoms. The fraction of sp³-hybridized carbons (Fsp3) is 0.300. The molecule has 2 aromatic rings. The zero-order valence-electron chi connectivity index (χ0n) is 14.4. The molecule has 0 saturated carbocycles. The lowest BCUT2D eigenvalue weighted by atomic mass is 9.73. The van der Waals surface area contributed by atoms with Gasteiger partial charge in [-0.2, -0.15) is 0 Å². The molecule has 2 aromatic carbocycles. The third kappa shape index (κ3) is 3.59. The van der Waals surface area contributed by atoms with Crippen molar-refractivity contribution in [2.45, 2.75) is 25.2 Å². The van der Waals surface area contributed by atoms with Crippen molar-refractivity contribution in [1.29, 1.82) is 0 Å². The molecular formula is C20H20ClNO4. The van der Waals surface area contributed by atoms with E-state index in [4.69, 9.17) is 16.3 Å². The van der Waals surface area contributed by atoms with Crippen molar-refractivity contribution in [3.63, 3.8) is 0 Å². The zero-order chi connectivity index (χ0) is 18.7. The molecule has 0 spiro atoms. The number of hydrogen-bond donors (Lipinski definition) is 2. The highest BCUT2D eigenvalue weighted by molar-refractivity contribution is 6.30. The first-order valence-corrected chi connectivity index (χ1v) is 8.79. The summed E-state index contributed by atoms with van der Waals surface area (Å²) in [6, 6.07) is 12.0. The smallest absolute Gasteiger partial charge is 0.335 e. The van der Waals surface area contributed by atoms with Gasteiger partial charge in [0, 0.05) is 23.9 Å². The van der Waals surface area contributed by atoms with Crippen LogP contribution in [0.1, 0.15) is 34.3 Å². The molecule has 0 aromatic heterocycles. The van der Waals surface area contributed by atoms with Crippen LogP contribution in [0.2, 0.25) is 5.02 Å². The minimum Gasteiger partial charge on any atom is -0.478 e. The number of halogens is 1. The Kier molecular flexibility index (Phi) is 5.30. The molecule has 1 fully saturated rings. The van der Waals surface area contributed by atoms with Crippen LogP contribution in [0.3, 0.4) is 0 Å². The average Bonchev–Trinajstić information content (AvgIpc) is 2.63. The zero-order valence-corrected chi connectivity index (χ0v) is 15.2. The van der Waals surface area contributed by atoms with Crippen LogP contribution in [0.4, 0.5) is 5.69 Å². The molecule has 2 N–H and O–H groups in total. The van der Waals surface area contributed by atoms with Gasteiger partial charge in [-0.3, -0.25) is 4.79 Å². The minimum absolute atomic E-state index is 0.134. The first kappa shape index (κ1) is 18.4. The summed E-state index contributed by atoms with van der Waals surface area (Å²) in [5.41, 5.74) is 1.53. The topological polar surface area (TPSA) is 75.6 Å². The molecule has 1 amide bonds. The summed E-state index contributed by atoms with van der Waals surface area (Å²) < 4.78 is 5.46. The van der Waals surface area contributed by atoms with Crippen LogP contribution in [0.15, 0.2) is 42.5 Å². The fourth-order valence-corrected chi connectivity index (χ4v) is 3.47. The maximum Gasteiger partial charge on any atom is 0.335 e. The maximum atomic E-state index is 13.3. The molecule has 1 heterocycles. The first-order valence-electron chi connectivity index (χ1n) is 8.41. The Morgan fingerprint density at radius 1 is 1.15 bits per heavy atom. The Labute approximate surface area is 156 Å². The molecule has 0 radical (unpaired) electrons. The minimum atomic E-state index is -1.03. The largest absolute Gasteiger partial charge is 0.478 e. The van der Waals surface area contributed by atoms with Gasteiger partial charge in [0.15, 0.2) is 0 Å². The lowest BCUT2D eigenvalue weighted by molar-refractivity contribution is -0.125. The van der Waals surface area contributed by atoms with Crippen molar-refractivity contribution >= 4 is 29.2 Å². The Bertz CT molecular complexity index is 843. The van der Waals surface area contributed by atoms with Gasteiger partial charge in [0.25, 0.3) is 0 Å². The normalized spacial score (nSPS) is 16.1. The Morgan fingerprint density at radius 3 is 2.54 bits per heavy atom. The van der Waals surface area contributed by atoms with E-state index in [0.717, 1.165) is 11.1 Å². The number of ether oxygens (including phenoxy) is 1. The number of nitrogens with one attached hydrogen (secondary N) is 1. The van der Waals surface area contributed by atoms with Crippen LogP contribution in [-0.4, -0.2) is 30.2 Å². The van der Waals surface area contributed by atoms with Gasteiger partial charge in [-0.25, -0.2) is 4.79 Å². The first-order chi connectivity index (χ1) is 12.4. The van der Waals surface area contributed by atoms with Gasteiger partial charge in [-0.05, 0) is 55.2 Å². The summed E-state index contributed by atoms with van der Waals surface area (Å²) in [6.07, 6.45) is 1.08. The van der Waals surface area contributed by atoms with E-state index in [1.807, 2.05) is 25.1 Å². The highest BCUT2D eigenvalue weighted by Crippen LogP contribution is 2.37. The summed E-state index contributed by atoms with van der Waals surface area (Å²) in [6.45, 7) is 2.79. The Balaban J connectivity index is 1.97. The van der Waals surface area contributed by atoms with Crippen LogP contribution >= 0.6 is 11.6 Å². The average molecular weight is 374 g/mol. The number of amides is 1. The lowest BCUT2D eigenvalue weighted by Gasteiger charge is -2.36. The number of benzene rings is 2. The summed E-state index contributed by atoms with van der Waals surface area (Å²) in [4.78, 5) is 24.5. The predicted molar refractivity (Wildman–Crippen MR) is 100.0 cm³/mol. The number of carbonyl (C=O) groups excluding carboxylic acids is 1. The molecule has 3 rings (SSSR count). The van der Waals surface area contributed by atoms with Gasteiger partial charge in [-0.1, -0.05) is 29.8 Å².